The van der Waals surface area contributed by atoms with Gasteiger partial charge in [0.25, 0.3) is 0 Å². The van der Waals surface area contributed by atoms with Crippen molar-refractivity contribution in [2.45, 2.75) is 43.9 Å². The van der Waals surface area contributed by atoms with Crippen LogP contribution in [-0.4, -0.2) is 64.1 Å². The van der Waals surface area contributed by atoms with E-state index in [-0.39, 0.29) is 6.04 Å². The van der Waals surface area contributed by atoms with Gasteiger partial charge in [0.2, 0.25) is 0 Å². The van der Waals surface area contributed by atoms with E-state index in [4.69, 9.17) is 10.2 Å². The van der Waals surface area contributed by atoms with Crippen molar-refractivity contribution >= 4 is 12.0 Å². The molecule has 0 heterocycles. The molecule has 1 aliphatic carbocycles. The summed E-state index contributed by atoms with van der Waals surface area (Å²) in [6.45, 7) is -0.665. The first-order chi connectivity index (χ1) is 8.47. The lowest BCUT2D eigenvalue weighted by molar-refractivity contribution is -0.140. The van der Waals surface area contributed by atoms with Crippen LogP contribution in [0.3, 0.4) is 0 Å². The monoisotopic (exact) mass is 260 g/mol. The molecule has 1 aliphatic rings. The predicted molar refractivity (Wildman–Crippen MR) is 63.1 cm³/mol. The van der Waals surface area contributed by atoms with Gasteiger partial charge in [0.05, 0.1) is 18.8 Å². The average molecular weight is 260 g/mol. The van der Waals surface area contributed by atoms with Crippen LogP contribution in [0.2, 0.25) is 0 Å². The van der Waals surface area contributed by atoms with Gasteiger partial charge in [0, 0.05) is 7.05 Å². The first kappa shape index (κ1) is 14.7. The Kier molecular flexibility index (Phi) is 5.36. The summed E-state index contributed by atoms with van der Waals surface area (Å²) in [5.41, 5.74) is 0. The van der Waals surface area contributed by atoms with Crippen molar-refractivity contribution in [3.63, 3.8) is 0 Å². The standard InChI is InChI=1S/C11H20N2O5/c1-13(8-4-2-3-5-9(8)15)11(18)12-7(6-14)10(16)17/h7-9,14-15H,2-6H2,1H3,(H,12,18)(H,16,17)/t7-,8?,9?/m1/s1. The number of aliphatic hydroxyl groups excluding tert-OH is 2. The van der Waals surface area contributed by atoms with Gasteiger partial charge in [-0.2, -0.15) is 0 Å². The molecule has 2 amide bonds. The molecule has 4 N–H and O–H groups in total. The van der Waals surface area contributed by atoms with Gasteiger partial charge in [-0.25, -0.2) is 9.59 Å². The lowest BCUT2D eigenvalue weighted by atomic mass is 9.92. The molecule has 0 aromatic carbocycles. The van der Waals surface area contributed by atoms with Crippen LogP contribution < -0.4 is 5.32 Å². The van der Waals surface area contributed by atoms with Gasteiger partial charge >= 0.3 is 12.0 Å². The number of nitrogens with one attached hydrogen (secondary N) is 1. The fourth-order valence-corrected chi connectivity index (χ4v) is 2.13. The number of amides is 2. The van der Waals surface area contributed by atoms with Crippen molar-refractivity contribution in [2.75, 3.05) is 13.7 Å². The van der Waals surface area contributed by atoms with Crippen molar-refractivity contribution in [1.29, 1.82) is 0 Å². The summed E-state index contributed by atoms with van der Waals surface area (Å²) >= 11 is 0. The number of likely N-dealkylation sites (N-methyl/N-ethyl adjacent to an activating group) is 1. The highest BCUT2D eigenvalue weighted by atomic mass is 16.4. The maximum absolute atomic E-state index is 11.8. The van der Waals surface area contributed by atoms with E-state index in [1.165, 1.54) is 11.9 Å². The fraction of sp³-hybridized carbons (Fsp3) is 0.818. The molecule has 1 fully saturated rings. The Morgan fingerprint density at radius 3 is 2.50 bits per heavy atom. The summed E-state index contributed by atoms with van der Waals surface area (Å²) in [7, 11) is 1.52. The molecule has 7 heteroatoms. The number of carbonyl (C=O) groups is 2. The quantitative estimate of drug-likeness (QED) is 0.538. The van der Waals surface area contributed by atoms with E-state index < -0.39 is 30.8 Å². The zero-order chi connectivity index (χ0) is 13.7. The molecule has 0 spiro atoms. The Balaban J connectivity index is 2.57. The highest BCUT2D eigenvalue weighted by molar-refractivity contribution is 5.82. The van der Waals surface area contributed by atoms with E-state index in [9.17, 15) is 14.7 Å². The van der Waals surface area contributed by atoms with E-state index in [0.717, 1.165) is 12.8 Å². The van der Waals surface area contributed by atoms with Gasteiger partial charge in [0.1, 0.15) is 0 Å². The number of hydrogen-bond acceptors (Lipinski definition) is 4. The van der Waals surface area contributed by atoms with Crippen LogP contribution in [0, 0.1) is 0 Å². The molecule has 104 valence electrons. The molecule has 2 unspecified atom stereocenters. The Morgan fingerprint density at radius 1 is 1.39 bits per heavy atom. The van der Waals surface area contributed by atoms with Crippen molar-refractivity contribution in [3.05, 3.63) is 0 Å². The number of urea groups is 1. The number of rotatable bonds is 4. The third kappa shape index (κ3) is 3.58. The van der Waals surface area contributed by atoms with Gasteiger partial charge in [-0.15, -0.1) is 0 Å². The Bertz CT molecular complexity index is 310. The maximum atomic E-state index is 11.8. The average Bonchev–Trinajstić information content (AvgIpc) is 2.35. The van der Waals surface area contributed by atoms with Crippen LogP contribution in [0.25, 0.3) is 0 Å². The second-order valence-corrected chi connectivity index (χ2v) is 4.55. The SMILES string of the molecule is CN(C(=O)N[C@H](CO)C(=O)O)C1CCCCC1O. The van der Waals surface area contributed by atoms with Gasteiger partial charge in [0.15, 0.2) is 6.04 Å². The topological polar surface area (TPSA) is 110 Å². The minimum absolute atomic E-state index is 0.299. The zero-order valence-corrected chi connectivity index (χ0v) is 10.4. The largest absolute Gasteiger partial charge is 0.480 e. The number of carbonyl (C=O) groups excluding carboxylic acids is 1. The highest BCUT2D eigenvalue weighted by Gasteiger charge is 2.31. The Morgan fingerprint density at radius 2 is 2.00 bits per heavy atom. The minimum Gasteiger partial charge on any atom is -0.480 e. The van der Waals surface area contributed by atoms with Crippen LogP contribution in [0.4, 0.5) is 4.79 Å². The second kappa shape index (κ2) is 6.55. The number of carboxylic acids is 1. The van der Waals surface area contributed by atoms with E-state index in [1.807, 2.05) is 0 Å². The summed E-state index contributed by atoms with van der Waals surface area (Å²) in [6.07, 6.45) is 2.63. The van der Waals surface area contributed by atoms with Crippen LogP contribution in [0.1, 0.15) is 25.7 Å². The first-order valence-corrected chi connectivity index (χ1v) is 6.02. The molecule has 1 saturated carbocycles. The predicted octanol–water partition coefficient (Wildman–Crippen LogP) is -0.623. The summed E-state index contributed by atoms with van der Waals surface area (Å²) in [6, 6.07) is -2.21. The fourth-order valence-electron chi connectivity index (χ4n) is 2.13. The first-order valence-electron chi connectivity index (χ1n) is 6.02. The molecular weight excluding hydrogens is 240 g/mol. The molecule has 0 bridgehead atoms. The number of aliphatic carboxylic acids is 1. The molecule has 0 aromatic heterocycles. The van der Waals surface area contributed by atoms with Crippen molar-refractivity contribution < 1.29 is 24.9 Å². The van der Waals surface area contributed by atoms with E-state index >= 15 is 0 Å². The van der Waals surface area contributed by atoms with Crippen molar-refractivity contribution in [3.8, 4) is 0 Å². The molecule has 0 aromatic rings. The lowest BCUT2D eigenvalue weighted by Crippen LogP contribution is -2.54. The van der Waals surface area contributed by atoms with Crippen LogP contribution in [0.5, 0.6) is 0 Å². The van der Waals surface area contributed by atoms with Gasteiger partial charge in [-0.05, 0) is 12.8 Å². The summed E-state index contributed by atoms with van der Waals surface area (Å²) < 4.78 is 0. The van der Waals surface area contributed by atoms with Gasteiger partial charge in [-0.1, -0.05) is 12.8 Å². The summed E-state index contributed by atoms with van der Waals surface area (Å²) in [5, 5.41) is 29.6. The van der Waals surface area contributed by atoms with Crippen LogP contribution in [0.15, 0.2) is 0 Å². The molecular formula is C11H20N2O5. The number of nitrogens with zero attached hydrogens (tertiary/aromatic N) is 1. The number of carboxylic acid groups (broad SMARTS) is 1. The molecule has 0 aliphatic heterocycles. The summed E-state index contributed by atoms with van der Waals surface area (Å²) in [4.78, 5) is 23.8. The second-order valence-electron chi connectivity index (χ2n) is 4.55. The molecule has 3 atom stereocenters. The molecule has 1 rings (SSSR count). The minimum atomic E-state index is -1.32. The smallest absolute Gasteiger partial charge is 0.328 e. The molecule has 7 nitrogen and oxygen atoms in total. The summed E-state index contributed by atoms with van der Waals surface area (Å²) in [5.74, 6) is -1.29. The Hall–Kier alpha value is -1.34. The van der Waals surface area contributed by atoms with Crippen molar-refractivity contribution in [1.82, 2.24) is 10.2 Å². The molecule has 0 saturated heterocycles. The molecule has 0 radical (unpaired) electrons. The van der Waals surface area contributed by atoms with Gasteiger partial charge in [-0.3, -0.25) is 0 Å². The number of aliphatic hydroxyl groups is 2. The van der Waals surface area contributed by atoms with E-state index in [1.54, 1.807) is 0 Å². The third-order valence-corrected chi connectivity index (χ3v) is 3.29. The van der Waals surface area contributed by atoms with Gasteiger partial charge < -0.3 is 25.5 Å². The van der Waals surface area contributed by atoms with Crippen LogP contribution in [-0.2, 0) is 4.79 Å². The van der Waals surface area contributed by atoms with E-state index in [0.29, 0.717) is 12.8 Å². The third-order valence-electron chi connectivity index (χ3n) is 3.29. The molecule has 18 heavy (non-hydrogen) atoms. The Labute approximate surface area is 105 Å². The zero-order valence-electron chi connectivity index (χ0n) is 10.4. The van der Waals surface area contributed by atoms with Crippen molar-refractivity contribution in [2.24, 2.45) is 0 Å². The maximum Gasteiger partial charge on any atom is 0.328 e. The highest BCUT2D eigenvalue weighted by Crippen LogP contribution is 2.22. The number of hydrogen-bond donors (Lipinski definition) is 4. The van der Waals surface area contributed by atoms with Crippen LogP contribution >= 0.6 is 0 Å². The normalized spacial score (nSPS) is 25.3. The lowest BCUT2D eigenvalue weighted by Gasteiger charge is -2.35. The van der Waals surface area contributed by atoms with E-state index in [2.05, 4.69) is 5.32 Å².